The number of rotatable bonds is 6. The molecule has 10 heteroatoms. The van der Waals surface area contributed by atoms with Gasteiger partial charge in [0.15, 0.2) is 0 Å². The number of esters is 1. The number of halogens is 3. The predicted molar refractivity (Wildman–Crippen MR) is 122 cm³/mol. The summed E-state index contributed by atoms with van der Waals surface area (Å²) in [4.78, 5) is 14.6. The highest BCUT2D eigenvalue weighted by Crippen LogP contribution is 2.37. The van der Waals surface area contributed by atoms with E-state index < -0.39 is 32.6 Å². The van der Waals surface area contributed by atoms with Gasteiger partial charge in [-0.15, -0.1) is 0 Å². The Morgan fingerprint density at radius 1 is 1.12 bits per heavy atom. The molecule has 1 saturated carbocycles. The molecule has 0 spiro atoms. The molecule has 1 aliphatic carbocycles. The maximum absolute atomic E-state index is 13.8. The summed E-state index contributed by atoms with van der Waals surface area (Å²) in [7, 11) is -2.97. The average molecular weight is 495 g/mol. The number of methoxy groups -OCH3 is 1. The number of benzene rings is 2. The molecule has 0 saturated heterocycles. The molecule has 0 aliphatic heterocycles. The van der Waals surface area contributed by atoms with E-state index in [4.69, 9.17) is 4.74 Å². The number of hydrogen-bond donors (Lipinski definition) is 2. The van der Waals surface area contributed by atoms with Crippen molar-refractivity contribution in [2.45, 2.75) is 55.6 Å². The highest BCUT2D eigenvalue weighted by molar-refractivity contribution is 7.89. The smallest absolute Gasteiger partial charge is 0.416 e. The molecule has 0 radical (unpaired) electrons. The first-order valence-electron chi connectivity index (χ1n) is 11.0. The van der Waals surface area contributed by atoms with E-state index in [0.717, 1.165) is 25.3 Å². The van der Waals surface area contributed by atoms with Crippen LogP contribution in [0.3, 0.4) is 0 Å². The van der Waals surface area contributed by atoms with E-state index >= 15 is 0 Å². The second kappa shape index (κ2) is 9.42. The molecule has 2 N–H and O–H groups in total. The minimum Gasteiger partial charge on any atom is -0.469 e. The number of nitrogens with one attached hydrogen (secondary N) is 2. The molecular formula is C24H25F3N2O4S. The van der Waals surface area contributed by atoms with Crippen LogP contribution in [-0.4, -0.2) is 32.5 Å². The Hall–Kier alpha value is -2.85. The van der Waals surface area contributed by atoms with Gasteiger partial charge in [0.2, 0.25) is 10.0 Å². The fourth-order valence-corrected chi connectivity index (χ4v) is 5.79. The largest absolute Gasteiger partial charge is 0.469 e. The van der Waals surface area contributed by atoms with Crippen molar-refractivity contribution in [2.75, 3.05) is 7.11 Å². The molecule has 1 fully saturated rings. The van der Waals surface area contributed by atoms with E-state index in [1.54, 1.807) is 24.3 Å². The maximum atomic E-state index is 13.8. The summed E-state index contributed by atoms with van der Waals surface area (Å²) in [6.45, 7) is 0. The molecule has 0 bridgehead atoms. The number of ether oxygens (including phenoxy) is 1. The number of carbonyl (C=O) groups excluding carboxylic acids is 1. The van der Waals surface area contributed by atoms with Gasteiger partial charge >= 0.3 is 12.1 Å². The van der Waals surface area contributed by atoms with E-state index in [2.05, 4.69) is 9.71 Å². The first kappa shape index (κ1) is 24.3. The van der Waals surface area contributed by atoms with Crippen LogP contribution in [0.25, 0.3) is 22.2 Å². The van der Waals surface area contributed by atoms with Crippen molar-refractivity contribution in [2.24, 2.45) is 0 Å². The van der Waals surface area contributed by atoms with Crippen molar-refractivity contribution in [3.63, 3.8) is 0 Å². The van der Waals surface area contributed by atoms with Crippen molar-refractivity contribution in [3.05, 3.63) is 53.6 Å². The molecule has 1 heterocycles. The predicted octanol–water partition coefficient (Wildman–Crippen LogP) is 5.18. The van der Waals surface area contributed by atoms with Gasteiger partial charge in [-0.3, -0.25) is 4.79 Å². The summed E-state index contributed by atoms with van der Waals surface area (Å²) in [5, 5.41) is 0.644. The van der Waals surface area contributed by atoms with Gasteiger partial charge in [-0.05, 0) is 42.7 Å². The van der Waals surface area contributed by atoms with Gasteiger partial charge in [0, 0.05) is 22.5 Å². The van der Waals surface area contributed by atoms with Crippen LogP contribution in [0.4, 0.5) is 13.2 Å². The molecular weight excluding hydrogens is 469 g/mol. The molecule has 2 aromatic carbocycles. The van der Waals surface area contributed by atoms with E-state index in [1.165, 1.54) is 13.2 Å². The second-order valence-corrected chi connectivity index (χ2v) is 10.2. The molecule has 3 aromatic rings. The lowest BCUT2D eigenvalue weighted by Crippen LogP contribution is -2.36. The number of para-hydroxylation sites is 1. The Morgan fingerprint density at radius 2 is 1.82 bits per heavy atom. The van der Waals surface area contributed by atoms with Gasteiger partial charge in [-0.2, -0.15) is 13.2 Å². The molecule has 1 aliphatic rings. The van der Waals surface area contributed by atoms with Crippen molar-refractivity contribution >= 4 is 26.9 Å². The minimum atomic E-state index is -4.76. The van der Waals surface area contributed by atoms with Gasteiger partial charge in [0.05, 0.1) is 29.7 Å². The van der Waals surface area contributed by atoms with E-state index in [9.17, 15) is 26.4 Å². The Bertz CT molecular complexity index is 1310. The van der Waals surface area contributed by atoms with Crippen LogP contribution in [-0.2, 0) is 32.2 Å². The fourth-order valence-electron chi connectivity index (χ4n) is 4.42. The zero-order valence-corrected chi connectivity index (χ0v) is 19.4. The standard InChI is InChI=1S/C24H25F3N2O4S/c1-33-22(30)14-20-19-9-5-6-10-21(19)28-23(20)15-11-16(24(25,26)27)13-18(12-15)34(31,32)29-17-7-3-2-4-8-17/h5-6,9-13,17,28-29H,2-4,7-8,14H2,1H3. The third kappa shape index (κ3) is 5.12. The molecule has 0 unspecified atom stereocenters. The topological polar surface area (TPSA) is 88.3 Å². The van der Waals surface area contributed by atoms with Gasteiger partial charge < -0.3 is 9.72 Å². The van der Waals surface area contributed by atoms with Crippen molar-refractivity contribution in [1.29, 1.82) is 0 Å². The number of aromatic amines is 1. The first-order chi connectivity index (χ1) is 16.1. The maximum Gasteiger partial charge on any atom is 0.416 e. The van der Waals surface area contributed by atoms with Crippen LogP contribution in [0, 0.1) is 0 Å². The molecule has 34 heavy (non-hydrogen) atoms. The third-order valence-electron chi connectivity index (χ3n) is 6.12. The Labute approximate surface area is 195 Å². The second-order valence-electron chi connectivity index (χ2n) is 8.48. The number of H-pyrrole nitrogens is 1. The van der Waals surface area contributed by atoms with Crippen molar-refractivity contribution in [3.8, 4) is 11.3 Å². The van der Waals surface area contributed by atoms with Crippen LogP contribution in [0.1, 0.15) is 43.2 Å². The lowest BCUT2D eigenvalue weighted by molar-refractivity contribution is -0.140. The monoisotopic (exact) mass is 494 g/mol. The zero-order chi connectivity index (χ0) is 24.5. The number of aromatic nitrogens is 1. The summed E-state index contributed by atoms with van der Waals surface area (Å²) < 4.78 is 74.8. The molecule has 1 aromatic heterocycles. The van der Waals surface area contributed by atoms with Crippen molar-refractivity contribution in [1.82, 2.24) is 9.71 Å². The molecule has 0 atom stereocenters. The van der Waals surface area contributed by atoms with Crippen LogP contribution in [0.15, 0.2) is 47.4 Å². The summed E-state index contributed by atoms with van der Waals surface area (Å²) >= 11 is 0. The summed E-state index contributed by atoms with van der Waals surface area (Å²) in [6, 6.07) is 9.42. The lowest BCUT2D eigenvalue weighted by Gasteiger charge is -2.23. The average Bonchev–Trinajstić information content (AvgIpc) is 3.17. The van der Waals surface area contributed by atoms with Crippen LogP contribution >= 0.6 is 0 Å². The first-order valence-corrected chi connectivity index (χ1v) is 12.5. The lowest BCUT2D eigenvalue weighted by atomic mass is 9.96. The molecule has 4 rings (SSSR count). The Kier molecular flexibility index (Phi) is 6.73. The van der Waals surface area contributed by atoms with E-state index in [-0.39, 0.29) is 23.7 Å². The zero-order valence-electron chi connectivity index (χ0n) is 18.5. The Balaban J connectivity index is 1.86. The number of sulfonamides is 1. The third-order valence-corrected chi connectivity index (χ3v) is 7.62. The van der Waals surface area contributed by atoms with Crippen LogP contribution in [0.2, 0.25) is 0 Å². The minimum absolute atomic E-state index is 0.0222. The van der Waals surface area contributed by atoms with Crippen LogP contribution < -0.4 is 4.72 Å². The normalized spacial score (nSPS) is 15.5. The number of carbonyl (C=O) groups is 1. The van der Waals surface area contributed by atoms with Gasteiger partial charge in [0.25, 0.3) is 0 Å². The summed E-state index contributed by atoms with van der Waals surface area (Å²) in [5.74, 6) is -0.565. The fraction of sp³-hybridized carbons (Fsp3) is 0.375. The molecule has 6 nitrogen and oxygen atoms in total. The van der Waals surface area contributed by atoms with Gasteiger partial charge in [0.1, 0.15) is 0 Å². The summed E-state index contributed by atoms with van der Waals surface area (Å²) in [6.07, 6.45) is -0.907. The highest BCUT2D eigenvalue weighted by atomic mass is 32.2. The highest BCUT2D eigenvalue weighted by Gasteiger charge is 2.34. The van der Waals surface area contributed by atoms with Crippen molar-refractivity contribution < 1.29 is 31.1 Å². The summed E-state index contributed by atoms with van der Waals surface area (Å²) in [5.41, 5.74) is 0.223. The molecule has 182 valence electrons. The number of alkyl halides is 3. The number of hydrogen-bond acceptors (Lipinski definition) is 4. The van der Waals surface area contributed by atoms with E-state index in [0.29, 0.717) is 35.4 Å². The molecule has 0 amide bonds. The van der Waals surface area contributed by atoms with E-state index in [1.807, 2.05) is 0 Å². The van der Waals surface area contributed by atoms with Crippen LogP contribution in [0.5, 0.6) is 0 Å². The van der Waals surface area contributed by atoms with Gasteiger partial charge in [-0.1, -0.05) is 37.5 Å². The Morgan fingerprint density at radius 3 is 2.50 bits per heavy atom. The quantitative estimate of drug-likeness (QED) is 0.462. The number of fused-ring (bicyclic) bond motifs is 1. The SMILES string of the molecule is COC(=O)Cc1c(-c2cc(C(F)(F)F)cc(S(=O)(=O)NC3CCCCC3)c2)[nH]c2ccccc12. The van der Waals surface area contributed by atoms with Gasteiger partial charge in [-0.25, -0.2) is 13.1 Å².